The number of rotatable bonds is 5. The minimum Gasteiger partial charge on any atom is -0.326 e. The predicted molar refractivity (Wildman–Crippen MR) is 110 cm³/mol. The number of anilines is 1. The lowest BCUT2D eigenvalue weighted by Gasteiger charge is -2.11. The van der Waals surface area contributed by atoms with Crippen molar-refractivity contribution in [2.24, 2.45) is 0 Å². The van der Waals surface area contributed by atoms with Crippen LogP contribution >= 0.6 is 0 Å². The van der Waals surface area contributed by atoms with E-state index in [4.69, 9.17) is 5.26 Å². The number of hydrogen-bond donors (Lipinski definition) is 2. The van der Waals surface area contributed by atoms with Crippen molar-refractivity contribution in [2.45, 2.75) is 26.7 Å². The van der Waals surface area contributed by atoms with Crippen molar-refractivity contribution in [2.75, 3.05) is 5.32 Å². The molecule has 0 aliphatic carbocycles. The van der Waals surface area contributed by atoms with E-state index in [0.29, 0.717) is 17.7 Å². The average molecular weight is 371 g/mol. The number of aromatic nitrogens is 1. The van der Waals surface area contributed by atoms with E-state index in [2.05, 4.69) is 10.3 Å². The summed E-state index contributed by atoms with van der Waals surface area (Å²) in [6.07, 6.45) is 0.718. The molecule has 0 bridgehead atoms. The van der Waals surface area contributed by atoms with Crippen LogP contribution in [0.3, 0.4) is 0 Å². The molecule has 0 saturated carbocycles. The Morgan fingerprint density at radius 1 is 1.04 bits per heavy atom. The Labute approximate surface area is 163 Å². The van der Waals surface area contributed by atoms with Crippen LogP contribution in [0.2, 0.25) is 0 Å². The Morgan fingerprint density at radius 3 is 2.32 bits per heavy atom. The zero-order valence-electron chi connectivity index (χ0n) is 15.9. The molecule has 0 atom stereocenters. The van der Waals surface area contributed by atoms with Crippen molar-refractivity contribution in [3.63, 3.8) is 0 Å². The molecule has 5 heteroatoms. The number of pyridine rings is 1. The molecule has 0 unspecified atom stereocenters. The van der Waals surface area contributed by atoms with Crippen LogP contribution in [0.4, 0.5) is 5.69 Å². The van der Waals surface area contributed by atoms with Gasteiger partial charge in [-0.05, 0) is 54.7 Å². The summed E-state index contributed by atoms with van der Waals surface area (Å²) in [5, 5.41) is 12.0. The predicted octanol–water partition coefficient (Wildman–Crippen LogP) is 4.10. The number of carbonyl (C=O) groups excluding carboxylic acids is 1. The lowest BCUT2D eigenvalue weighted by molar-refractivity contribution is -0.116. The molecule has 2 N–H and O–H groups in total. The summed E-state index contributed by atoms with van der Waals surface area (Å²) in [6, 6.07) is 19.7. The molecule has 0 aliphatic heterocycles. The molecule has 0 saturated heterocycles. The third-order valence-corrected chi connectivity index (χ3v) is 4.80. The first-order valence-corrected chi connectivity index (χ1v) is 9.07. The van der Waals surface area contributed by atoms with Crippen LogP contribution in [0.25, 0.3) is 11.1 Å². The molecule has 2 aromatic carbocycles. The Hall–Kier alpha value is -3.65. The van der Waals surface area contributed by atoms with Gasteiger partial charge in [0.1, 0.15) is 11.6 Å². The average Bonchev–Trinajstić information content (AvgIpc) is 2.69. The fourth-order valence-corrected chi connectivity index (χ4v) is 3.26. The lowest BCUT2D eigenvalue weighted by Crippen LogP contribution is -2.18. The van der Waals surface area contributed by atoms with Gasteiger partial charge in [0.05, 0.1) is 0 Å². The maximum atomic E-state index is 12.3. The van der Waals surface area contributed by atoms with Crippen molar-refractivity contribution in [3.8, 4) is 17.2 Å². The minimum absolute atomic E-state index is 0.109. The second kappa shape index (κ2) is 8.36. The number of benzene rings is 2. The molecule has 0 spiro atoms. The number of H-pyrrole nitrogens is 1. The van der Waals surface area contributed by atoms with E-state index in [9.17, 15) is 9.59 Å². The first-order chi connectivity index (χ1) is 13.5. The first kappa shape index (κ1) is 19.1. The van der Waals surface area contributed by atoms with Gasteiger partial charge in [0, 0.05) is 17.8 Å². The normalized spacial score (nSPS) is 10.3. The highest BCUT2D eigenvalue weighted by atomic mass is 16.1. The van der Waals surface area contributed by atoms with Crippen LogP contribution < -0.4 is 10.9 Å². The van der Waals surface area contributed by atoms with Gasteiger partial charge in [-0.1, -0.05) is 42.5 Å². The summed E-state index contributed by atoms with van der Waals surface area (Å²) in [5.41, 5.74) is 4.84. The maximum absolute atomic E-state index is 12.3. The van der Waals surface area contributed by atoms with E-state index in [1.54, 1.807) is 13.8 Å². The Morgan fingerprint density at radius 2 is 1.68 bits per heavy atom. The van der Waals surface area contributed by atoms with E-state index in [-0.39, 0.29) is 23.5 Å². The maximum Gasteiger partial charge on any atom is 0.266 e. The molecular formula is C23H21N3O2. The second-order valence-corrected chi connectivity index (χ2v) is 6.66. The molecule has 1 amide bonds. The summed E-state index contributed by atoms with van der Waals surface area (Å²) in [7, 11) is 0. The molecule has 28 heavy (non-hydrogen) atoms. The van der Waals surface area contributed by atoms with Crippen LogP contribution in [-0.4, -0.2) is 10.9 Å². The molecule has 3 rings (SSSR count). The number of amides is 1. The highest BCUT2D eigenvalue weighted by Gasteiger charge is 2.13. The lowest BCUT2D eigenvalue weighted by atomic mass is 9.99. The first-order valence-electron chi connectivity index (χ1n) is 9.07. The third kappa shape index (κ3) is 4.18. The van der Waals surface area contributed by atoms with Gasteiger partial charge < -0.3 is 10.3 Å². The molecule has 5 nitrogen and oxygen atoms in total. The molecule has 0 aliphatic rings. The standard InChI is InChI=1S/C23H21N3O2/c1-15-20(16(2)25-23(28)21(15)14-24)12-13-22(27)26-19-10-8-18(9-11-19)17-6-4-3-5-7-17/h3-11H,12-13H2,1-2H3,(H,25,28)(H,26,27). The van der Waals surface area contributed by atoms with E-state index in [1.165, 1.54) is 0 Å². The number of nitrogens with one attached hydrogen (secondary N) is 2. The summed E-state index contributed by atoms with van der Waals surface area (Å²) in [5.74, 6) is -0.115. The highest BCUT2D eigenvalue weighted by Crippen LogP contribution is 2.21. The summed E-state index contributed by atoms with van der Waals surface area (Å²) in [4.78, 5) is 26.8. The molecule has 140 valence electrons. The summed E-state index contributed by atoms with van der Waals surface area (Å²) < 4.78 is 0. The van der Waals surface area contributed by atoms with Gasteiger partial charge in [0.25, 0.3) is 5.56 Å². The number of nitriles is 1. The van der Waals surface area contributed by atoms with Crippen LogP contribution in [0, 0.1) is 25.2 Å². The molecule has 1 aromatic heterocycles. The van der Waals surface area contributed by atoms with Gasteiger partial charge in [-0.25, -0.2) is 0 Å². The molecule has 3 aromatic rings. The van der Waals surface area contributed by atoms with Crippen molar-refractivity contribution in [1.29, 1.82) is 5.26 Å². The van der Waals surface area contributed by atoms with E-state index < -0.39 is 0 Å². The number of aromatic amines is 1. The quantitative estimate of drug-likeness (QED) is 0.708. The topological polar surface area (TPSA) is 85.8 Å². The molecule has 0 radical (unpaired) electrons. The van der Waals surface area contributed by atoms with Gasteiger partial charge in [-0.3, -0.25) is 9.59 Å². The summed E-state index contributed by atoms with van der Waals surface area (Å²) >= 11 is 0. The van der Waals surface area contributed by atoms with E-state index >= 15 is 0 Å². The van der Waals surface area contributed by atoms with Gasteiger partial charge >= 0.3 is 0 Å². The summed E-state index contributed by atoms with van der Waals surface area (Å²) in [6.45, 7) is 3.53. The van der Waals surface area contributed by atoms with E-state index in [0.717, 1.165) is 22.4 Å². The van der Waals surface area contributed by atoms with Crippen molar-refractivity contribution in [3.05, 3.63) is 87.3 Å². The van der Waals surface area contributed by atoms with Gasteiger partial charge in [-0.15, -0.1) is 0 Å². The molecule has 1 heterocycles. The monoisotopic (exact) mass is 371 g/mol. The minimum atomic E-state index is -0.385. The van der Waals surface area contributed by atoms with Gasteiger partial charge in [0.15, 0.2) is 0 Å². The number of carbonyl (C=O) groups is 1. The van der Waals surface area contributed by atoms with Gasteiger partial charge in [-0.2, -0.15) is 5.26 Å². The van der Waals surface area contributed by atoms with Crippen LogP contribution in [0.1, 0.15) is 28.8 Å². The Kier molecular flexibility index (Phi) is 5.71. The molecule has 0 fully saturated rings. The Bertz CT molecular complexity index is 1090. The SMILES string of the molecule is Cc1[nH]c(=O)c(C#N)c(C)c1CCC(=O)Nc1ccc(-c2ccccc2)cc1. The van der Waals surface area contributed by atoms with Crippen molar-refractivity contribution in [1.82, 2.24) is 4.98 Å². The smallest absolute Gasteiger partial charge is 0.266 e. The van der Waals surface area contributed by atoms with Crippen LogP contribution in [0.15, 0.2) is 59.4 Å². The Balaban J connectivity index is 1.66. The zero-order valence-corrected chi connectivity index (χ0v) is 15.9. The highest BCUT2D eigenvalue weighted by molar-refractivity contribution is 5.91. The fourth-order valence-electron chi connectivity index (χ4n) is 3.26. The van der Waals surface area contributed by atoms with E-state index in [1.807, 2.05) is 60.7 Å². The molecular weight excluding hydrogens is 350 g/mol. The largest absolute Gasteiger partial charge is 0.326 e. The zero-order chi connectivity index (χ0) is 20.1. The van der Waals surface area contributed by atoms with Crippen molar-refractivity contribution >= 4 is 11.6 Å². The van der Waals surface area contributed by atoms with Crippen LogP contribution in [-0.2, 0) is 11.2 Å². The fraction of sp³-hybridized carbons (Fsp3) is 0.174. The number of hydrogen-bond acceptors (Lipinski definition) is 3. The van der Waals surface area contributed by atoms with Gasteiger partial charge in [0.2, 0.25) is 5.91 Å². The second-order valence-electron chi connectivity index (χ2n) is 6.66. The van der Waals surface area contributed by atoms with Crippen molar-refractivity contribution < 1.29 is 4.79 Å². The van der Waals surface area contributed by atoms with Crippen LogP contribution in [0.5, 0.6) is 0 Å². The number of aryl methyl sites for hydroxylation is 1. The number of nitrogens with zero attached hydrogens (tertiary/aromatic N) is 1. The third-order valence-electron chi connectivity index (χ3n) is 4.80.